The molecule has 0 bridgehead atoms. The highest BCUT2D eigenvalue weighted by molar-refractivity contribution is 7.20. The first kappa shape index (κ1) is 14.6. The Kier molecular flexibility index (Phi) is 3.75. The maximum Gasteiger partial charge on any atom is 0.278 e. The van der Waals surface area contributed by atoms with Crippen molar-refractivity contribution in [1.29, 1.82) is 0 Å². The average molecular weight is 340 g/mol. The molecule has 23 heavy (non-hydrogen) atoms. The molecule has 1 aromatic carbocycles. The third-order valence-corrected chi connectivity index (χ3v) is 6.08. The lowest BCUT2D eigenvalue weighted by molar-refractivity contribution is 0.0971. The SMILES string of the molecule is CC1CCc2ccccc2N1C(=O)c1csc(-c2cccs2)n1. The fraction of sp³-hybridized carbons (Fsp3) is 0.222. The van der Waals surface area contributed by atoms with Gasteiger partial charge in [0.05, 0.1) is 4.88 Å². The molecule has 1 unspecified atom stereocenters. The van der Waals surface area contributed by atoms with Gasteiger partial charge in [0, 0.05) is 17.1 Å². The second-order valence-corrected chi connectivity index (χ2v) is 7.51. The largest absolute Gasteiger partial charge is 0.304 e. The molecule has 5 heteroatoms. The van der Waals surface area contributed by atoms with E-state index in [9.17, 15) is 4.79 Å². The van der Waals surface area contributed by atoms with Crippen LogP contribution in [-0.4, -0.2) is 16.9 Å². The molecule has 3 heterocycles. The summed E-state index contributed by atoms with van der Waals surface area (Å²) in [6.07, 6.45) is 2.02. The van der Waals surface area contributed by atoms with Crippen LogP contribution in [0.4, 0.5) is 5.69 Å². The Labute approximate surface area is 143 Å². The minimum Gasteiger partial charge on any atom is -0.304 e. The Hall–Kier alpha value is -1.98. The first-order chi connectivity index (χ1) is 11.2. The van der Waals surface area contributed by atoms with Gasteiger partial charge in [0.25, 0.3) is 5.91 Å². The van der Waals surface area contributed by atoms with Crippen molar-refractivity contribution in [2.24, 2.45) is 0 Å². The van der Waals surface area contributed by atoms with E-state index in [1.54, 1.807) is 11.3 Å². The Balaban J connectivity index is 1.69. The lowest BCUT2D eigenvalue weighted by atomic mass is 9.96. The van der Waals surface area contributed by atoms with E-state index in [1.165, 1.54) is 16.9 Å². The molecule has 0 aliphatic carbocycles. The maximum atomic E-state index is 13.0. The highest BCUT2D eigenvalue weighted by atomic mass is 32.1. The Morgan fingerprint density at radius 2 is 2.09 bits per heavy atom. The summed E-state index contributed by atoms with van der Waals surface area (Å²) in [7, 11) is 0. The summed E-state index contributed by atoms with van der Waals surface area (Å²) in [6, 6.07) is 12.4. The molecule has 0 N–H and O–H groups in total. The van der Waals surface area contributed by atoms with Gasteiger partial charge in [0.1, 0.15) is 10.7 Å². The zero-order valence-electron chi connectivity index (χ0n) is 12.7. The second kappa shape index (κ2) is 5.91. The molecule has 116 valence electrons. The normalized spacial score (nSPS) is 17.1. The van der Waals surface area contributed by atoms with E-state index >= 15 is 0 Å². The van der Waals surface area contributed by atoms with Gasteiger partial charge < -0.3 is 4.90 Å². The van der Waals surface area contributed by atoms with Crippen molar-refractivity contribution in [2.45, 2.75) is 25.8 Å². The van der Waals surface area contributed by atoms with E-state index < -0.39 is 0 Å². The molecular weight excluding hydrogens is 324 g/mol. The molecule has 1 amide bonds. The highest BCUT2D eigenvalue weighted by Crippen LogP contribution is 2.33. The third-order valence-electron chi connectivity index (χ3n) is 4.20. The monoisotopic (exact) mass is 340 g/mol. The molecular formula is C18H16N2OS2. The van der Waals surface area contributed by atoms with Crippen LogP contribution in [0.25, 0.3) is 9.88 Å². The number of amides is 1. The number of carbonyl (C=O) groups is 1. The number of carbonyl (C=O) groups excluding carboxylic acids is 1. The molecule has 1 aliphatic heterocycles. The van der Waals surface area contributed by atoms with Crippen LogP contribution in [0, 0.1) is 0 Å². The molecule has 0 radical (unpaired) electrons. The van der Waals surface area contributed by atoms with Gasteiger partial charge in [-0.2, -0.15) is 0 Å². The van der Waals surface area contributed by atoms with Crippen molar-refractivity contribution in [3.8, 4) is 9.88 Å². The predicted molar refractivity (Wildman–Crippen MR) is 96.5 cm³/mol. The van der Waals surface area contributed by atoms with E-state index in [0.29, 0.717) is 5.69 Å². The number of para-hydroxylation sites is 1. The Morgan fingerprint density at radius 1 is 1.22 bits per heavy atom. The summed E-state index contributed by atoms with van der Waals surface area (Å²) in [5.41, 5.74) is 2.82. The number of aryl methyl sites for hydroxylation is 1. The van der Waals surface area contributed by atoms with Crippen LogP contribution in [0.2, 0.25) is 0 Å². The lowest BCUT2D eigenvalue weighted by Gasteiger charge is -2.34. The molecule has 1 aliphatic rings. The summed E-state index contributed by atoms with van der Waals surface area (Å²) in [4.78, 5) is 20.6. The molecule has 4 rings (SSSR count). The molecule has 0 saturated carbocycles. The first-order valence-corrected chi connectivity index (χ1v) is 9.41. The summed E-state index contributed by atoms with van der Waals surface area (Å²) in [5, 5.41) is 4.82. The third kappa shape index (κ3) is 2.60. The van der Waals surface area contributed by atoms with E-state index in [4.69, 9.17) is 0 Å². The fourth-order valence-electron chi connectivity index (χ4n) is 3.01. The number of nitrogens with zero attached hydrogens (tertiary/aromatic N) is 2. The van der Waals surface area contributed by atoms with Gasteiger partial charge in [-0.15, -0.1) is 22.7 Å². The zero-order chi connectivity index (χ0) is 15.8. The van der Waals surface area contributed by atoms with Crippen molar-refractivity contribution < 1.29 is 4.79 Å². The van der Waals surface area contributed by atoms with Crippen molar-refractivity contribution in [3.05, 3.63) is 58.4 Å². The molecule has 0 saturated heterocycles. The van der Waals surface area contributed by atoms with Crippen molar-refractivity contribution >= 4 is 34.3 Å². The van der Waals surface area contributed by atoms with Crippen LogP contribution in [0.1, 0.15) is 29.4 Å². The molecule has 0 spiro atoms. The number of hydrogen-bond acceptors (Lipinski definition) is 4. The van der Waals surface area contributed by atoms with Crippen LogP contribution >= 0.6 is 22.7 Å². The fourth-order valence-corrected chi connectivity index (χ4v) is 4.61. The predicted octanol–water partition coefficient (Wildman–Crippen LogP) is 4.85. The van der Waals surface area contributed by atoms with E-state index in [1.807, 2.05) is 46.0 Å². The van der Waals surface area contributed by atoms with Gasteiger partial charge in [-0.05, 0) is 42.8 Å². The maximum absolute atomic E-state index is 13.0. The van der Waals surface area contributed by atoms with Crippen LogP contribution in [0.3, 0.4) is 0 Å². The Bertz CT molecular complexity index is 838. The van der Waals surface area contributed by atoms with Gasteiger partial charge in [0.15, 0.2) is 0 Å². The van der Waals surface area contributed by atoms with Gasteiger partial charge in [-0.1, -0.05) is 24.3 Å². The standard InChI is InChI=1S/C18H16N2OS2/c1-12-8-9-13-5-2-3-6-15(13)20(12)18(21)14-11-23-17(19-14)16-7-4-10-22-16/h2-7,10-12H,8-9H2,1H3. The smallest absolute Gasteiger partial charge is 0.278 e. The van der Waals surface area contributed by atoms with Crippen LogP contribution in [-0.2, 0) is 6.42 Å². The minimum atomic E-state index is 0.00343. The molecule has 0 fully saturated rings. The average Bonchev–Trinajstić information content (AvgIpc) is 3.25. The summed E-state index contributed by atoms with van der Waals surface area (Å²) < 4.78 is 0. The number of benzene rings is 1. The van der Waals surface area contributed by atoms with Crippen LogP contribution < -0.4 is 4.90 Å². The van der Waals surface area contributed by atoms with Gasteiger partial charge >= 0.3 is 0 Å². The summed E-state index contributed by atoms with van der Waals surface area (Å²) in [6.45, 7) is 2.11. The zero-order valence-corrected chi connectivity index (χ0v) is 14.4. The topological polar surface area (TPSA) is 33.2 Å². The van der Waals surface area contributed by atoms with Crippen LogP contribution in [0.5, 0.6) is 0 Å². The first-order valence-electron chi connectivity index (χ1n) is 7.65. The van der Waals surface area contributed by atoms with E-state index in [-0.39, 0.29) is 11.9 Å². The molecule has 3 aromatic rings. The number of aromatic nitrogens is 1. The minimum absolute atomic E-state index is 0.00343. The van der Waals surface area contributed by atoms with Gasteiger partial charge in [0.2, 0.25) is 0 Å². The highest BCUT2D eigenvalue weighted by Gasteiger charge is 2.30. The van der Waals surface area contributed by atoms with Crippen molar-refractivity contribution in [2.75, 3.05) is 4.90 Å². The number of thiophene rings is 1. The van der Waals surface area contributed by atoms with Crippen molar-refractivity contribution in [1.82, 2.24) is 4.98 Å². The van der Waals surface area contributed by atoms with E-state index in [2.05, 4.69) is 18.0 Å². The molecule has 1 atom stereocenters. The second-order valence-electron chi connectivity index (χ2n) is 5.71. The van der Waals surface area contributed by atoms with Crippen molar-refractivity contribution in [3.63, 3.8) is 0 Å². The number of thiazole rings is 1. The lowest BCUT2D eigenvalue weighted by Crippen LogP contribution is -2.42. The molecule has 3 nitrogen and oxygen atoms in total. The van der Waals surface area contributed by atoms with Crippen LogP contribution in [0.15, 0.2) is 47.2 Å². The van der Waals surface area contributed by atoms with Gasteiger partial charge in [-0.3, -0.25) is 4.79 Å². The van der Waals surface area contributed by atoms with E-state index in [0.717, 1.165) is 28.4 Å². The Morgan fingerprint density at radius 3 is 2.91 bits per heavy atom. The summed E-state index contributed by atoms with van der Waals surface area (Å²) >= 11 is 3.18. The number of fused-ring (bicyclic) bond motifs is 1. The molecule has 2 aromatic heterocycles. The van der Waals surface area contributed by atoms with Gasteiger partial charge in [-0.25, -0.2) is 4.98 Å². The quantitative estimate of drug-likeness (QED) is 0.668. The number of hydrogen-bond donors (Lipinski definition) is 0. The number of rotatable bonds is 2. The summed E-state index contributed by atoms with van der Waals surface area (Å²) in [5.74, 6) is 0.00343. The number of anilines is 1.